The highest BCUT2D eigenvalue weighted by molar-refractivity contribution is 6.35. The number of amides is 1. The number of hydrogen-bond donors (Lipinski definition) is 1. The molecule has 1 aliphatic carbocycles. The Morgan fingerprint density at radius 1 is 1.14 bits per heavy atom. The lowest BCUT2D eigenvalue weighted by atomic mass is 9.87. The van der Waals surface area contributed by atoms with Gasteiger partial charge in [0.2, 0.25) is 0 Å². The summed E-state index contributed by atoms with van der Waals surface area (Å²) >= 11 is 12.0. The first kappa shape index (κ1) is 14.4. The lowest BCUT2D eigenvalue weighted by Crippen LogP contribution is -2.31. The van der Waals surface area contributed by atoms with Crippen molar-refractivity contribution in [1.82, 2.24) is 5.32 Å². The van der Waals surface area contributed by atoms with Crippen LogP contribution in [0.25, 0.3) is 0 Å². The maximum absolute atomic E-state index is 12.4. The standard InChI is InChI=1S/C17H15Cl2NO/c18-12-8-9-15(19)14(10-12)17(21)20-16-7-3-5-11-4-1-2-6-13(11)16/h1-2,4,6,8-10,16H,3,5,7H2,(H,20,21)/t16-/m0/s1. The predicted molar refractivity (Wildman–Crippen MR) is 86.0 cm³/mol. The van der Waals surface area contributed by atoms with Crippen LogP contribution in [0.2, 0.25) is 10.0 Å². The molecule has 1 N–H and O–H groups in total. The molecule has 0 aliphatic heterocycles. The van der Waals surface area contributed by atoms with Gasteiger partial charge in [0.25, 0.3) is 5.91 Å². The third-order valence-electron chi connectivity index (χ3n) is 3.85. The molecule has 0 unspecified atom stereocenters. The van der Waals surface area contributed by atoms with Gasteiger partial charge in [0.1, 0.15) is 0 Å². The van der Waals surface area contributed by atoms with Crippen LogP contribution in [0.4, 0.5) is 0 Å². The lowest BCUT2D eigenvalue weighted by molar-refractivity contribution is 0.0933. The van der Waals surface area contributed by atoms with Crippen molar-refractivity contribution in [2.24, 2.45) is 0 Å². The average Bonchev–Trinajstić information content (AvgIpc) is 2.50. The fourth-order valence-corrected chi connectivity index (χ4v) is 3.19. The molecule has 3 rings (SSSR count). The molecular formula is C17H15Cl2NO. The Morgan fingerprint density at radius 2 is 1.95 bits per heavy atom. The predicted octanol–water partition coefficient (Wildman–Crippen LogP) is 4.80. The molecule has 2 aromatic carbocycles. The number of halogens is 2. The Bertz CT molecular complexity index is 684. The molecule has 0 saturated heterocycles. The van der Waals surface area contributed by atoms with Crippen LogP contribution in [0.3, 0.4) is 0 Å². The number of carbonyl (C=O) groups excluding carboxylic acids is 1. The van der Waals surface area contributed by atoms with Crippen LogP contribution in [0.5, 0.6) is 0 Å². The summed E-state index contributed by atoms with van der Waals surface area (Å²) in [5.74, 6) is -0.177. The quantitative estimate of drug-likeness (QED) is 0.846. The summed E-state index contributed by atoms with van der Waals surface area (Å²) in [5.41, 5.74) is 2.94. The van der Waals surface area contributed by atoms with Crippen LogP contribution in [0, 0.1) is 0 Å². The normalized spacial score (nSPS) is 17.1. The number of rotatable bonds is 2. The Morgan fingerprint density at radius 3 is 2.81 bits per heavy atom. The molecule has 21 heavy (non-hydrogen) atoms. The fraction of sp³-hybridized carbons (Fsp3) is 0.235. The molecule has 1 atom stereocenters. The average molecular weight is 320 g/mol. The molecule has 0 heterocycles. The molecule has 1 amide bonds. The van der Waals surface area contributed by atoms with E-state index < -0.39 is 0 Å². The van der Waals surface area contributed by atoms with Crippen molar-refractivity contribution in [2.75, 3.05) is 0 Å². The van der Waals surface area contributed by atoms with Gasteiger partial charge in [-0.15, -0.1) is 0 Å². The molecule has 0 fully saturated rings. The van der Waals surface area contributed by atoms with Crippen molar-refractivity contribution in [1.29, 1.82) is 0 Å². The molecule has 0 bridgehead atoms. The summed E-state index contributed by atoms with van der Waals surface area (Å²) in [7, 11) is 0. The summed E-state index contributed by atoms with van der Waals surface area (Å²) in [4.78, 5) is 12.4. The molecular weight excluding hydrogens is 305 g/mol. The van der Waals surface area contributed by atoms with Crippen molar-refractivity contribution in [3.63, 3.8) is 0 Å². The van der Waals surface area contributed by atoms with Gasteiger partial charge < -0.3 is 5.32 Å². The van der Waals surface area contributed by atoms with Gasteiger partial charge in [0.15, 0.2) is 0 Å². The van der Waals surface area contributed by atoms with E-state index in [9.17, 15) is 4.79 Å². The van der Waals surface area contributed by atoms with Gasteiger partial charge in [0, 0.05) is 5.02 Å². The van der Waals surface area contributed by atoms with Crippen LogP contribution in [0.15, 0.2) is 42.5 Å². The van der Waals surface area contributed by atoms with E-state index in [1.165, 1.54) is 11.1 Å². The van der Waals surface area contributed by atoms with Crippen molar-refractivity contribution in [2.45, 2.75) is 25.3 Å². The zero-order chi connectivity index (χ0) is 14.8. The highest BCUT2D eigenvalue weighted by Gasteiger charge is 2.22. The van der Waals surface area contributed by atoms with Crippen LogP contribution in [0.1, 0.15) is 40.4 Å². The first-order valence-corrected chi connectivity index (χ1v) is 7.74. The second kappa shape index (κ2) is 6.08. The summed E-state index contributed by atoms with van der Waals surface area (Å²) in [6.07, 6.45) is 3.09. The third kappa shape index (κ3) is 3.07. The first-order chi connectivity index (χ1) is 10.1. The smallest absolute Gasteiger partial charge is 0.253 e. The number of aryl methyl sites for hydroxylation is 1. The fourth-order valence-electron chi connectivity index (χ4n) is 2.81. The van der Waals surface area contributed by atoms with Gasteiger partial charge in [-0.3, -0.25) is 4.79 Å². The lowest BCUT2D eigenvalue weighted by Gasteiger charge is -2.26. The molecule has 4 heteroatoms. The maximum atomic E-state index is 12.4. The van der Waals surface area contributed by atoms with E-state index in [1.807, 2.05) is 12.1 Å². The van der Waals surface area contributed by atoms with Gasteiger partial charge in [-0.2, -0.15) is 0 Å². The van der Waals surface area contributed by atoms with E-state index in [0.29, 0.717) is 15.6 Å². The summed E-state index contributed by atoms with van der Waals surface area (Å²) in [6.45, 7) is 0. The van der Waals surface area contributed by atoms with E-state index in [1.54, 1.807) is 18.2 Å². The Kier molecular flexibility index (Phi) is 4.18. The highest BCUT2D eigenvalue weighted by atomic mass is 35.5. The van der Waals surface area contributed by atoms with E-state index in [2.05, 4.69) is 17.4 Å². The Labute approximate surface area is 134 Å². The second-order valence-corrected chi connectivity index (χ2v) is 6.08. The van der Waals surface area contributed by atoms with E-state index in [0.717, 1.165) is 19.3 Å². The number of benzene rings is 2. The van der Waals surface area contributed by atoms with Crippen LogP contribution in [-0.4, -0.2) is 5.91 Å². The zero-order valence-corrected chi connectivity index (χ0v) is 12.9. The molecule has 2 aromatic rings. The molecule has 108 valence electrons. The van der Waals surface area contributed by atoms with E-state index in [4.69, 9.17) is 23.2 Å². The monoisotopic (exact) mass is 319 g/mol. The highest BCUT2D eigenvalue weighted by Crippen LogP contribution is 2.30. The molecule has 0 radical (unpaired) electrons. The van der Waals surface area contributed by atoms with Gasteiger partial charge in [-0.25, -0.2) is 0 Å². The second-order valence-electron chi connectivity index (χ2n) is 5.24. The van der Waals surface area contributed by atoms with E-state index >= 15 is 0 Å². The topological polar surface area (TPSA) is 29.1 Å². The molecule has 0 spiro atoms. The maximum Gasteiger partial charge on any atom is 0.253 e. The number of hydrogen-bond acceptors (Lipinski definition) is 1. The van der Waals surface area contributed by atoms with Crippen molar-refractivity contribution in [3.8, 4) is 0 Å². The third-order valence-corrected chi connectivity index (χ3v) is 4.41. The van der Waals surface area contributed by atoms with E-state index in [-0.39, 0.29) is 11.9 Å². The number of nitrogens with one attached hydrogen (secondary N) is 1. The molecule has 1 aliphatic rings. The van der Waals surface area contributed by atoms with Gasteiger partial charge in [-0.05, 0) is 48.6 Å². The summed E-state index contributed by atoms with van der Waals surface area (Å²) in [6, 6.07) is 13.2. The van der Waals surface area contributed by atoms with Gasteiger partial charge in [0.05, 0.1) is 16.6 Å². The van der Waals surface area contributed by atoms with Crippen molar-refractivity contribution >= 4 is 29.1 Å². The summed E-state index contributed by atoms with van der Waals surface area (Å²) < 4.78 is 0. The Balaban J connectivity index is 1.84. The number of carbonyl (C=O) groups is 1. The van der Waals surface area contributed by atoms with Crippen LogP contribution < -0.4 is 5.32 Å². The minimum atomic E-state index is -0.177. The minimum Gasteiger partial charge on any atom is -0.345 e. The van der Waals surface area contributed by atoms with Gasteiger partial charge >= 0.3 is 0 Å². The zero-order valence-electron chi connectivity index (χ0n) is 11.4. The van der Waals surface area contributed by atoms with Crippen LogP contribution in [-0.2, 0) is 6.42 Å². The number of fused-ring (bicyclic) bond motifs is 1. The van der Waals surface area contributed by atoms with Crippen molar-refractivity contribution < 1.29 is 4.79 Å². The largest absolute Gasteiger partial charge is 0.345 e. The summed E-state index contributed by atoms with van der Waals surface area (Å²) in [5, 5.41) is 4.00. The Hall–Kier alpha value is -1.51. The SMILES string of the molecule is O=C(N[C@H]1CCCc2ccccc21)c1cc(Cl)ccc1Cl. The van der Waals surface area contributed by atoms with Gasteiger partial charge in [-0.1, -0.05) is 47.5 Å². The van der Waals surface area contributed by atoms with Crippen LogP contribution >= 0.6 is 23.2 Å². The molecule has 2 nitrogen and oxygen atoms in total. The van der Waals surface area contributed by atoms with Crippen molar-refractivity contribution in [3.05, 3.63) is 69.2 Å². The minimum absolute atomic E-state index is 0.0394. The first-order valence-electron chi connectivity index (χ1n) is 6.99. The molecule has 0 aromatic heterocycles. The molecule has 0 saturated carbocycles.